The summed E-state index contributed by atoms with van der Waals surface area (Å²) in [6.07, 6.45) is -4.35. The van der Waals surface area contributed by atoms with E-state index in [1.54, 1.807) is 19.1 Å². The number of allylic oxidation sites excluding steroid dienone is 4. The molecule has 10 atom stereocenters. The Morgan fingerprint density at radius 2 is 1.68 bits per heavy atom. The van der Waals surface area contributed by atoms with Crippen molar-refractivity contribution in [2.24, 2.45) is 11.8 Å². The summed E-state index contributed by atoms with van der Waals surface area (Å²) in [6, 6.07) is 3.45. The van der Waals surface area contributed by atoms with Crippen LogP contribution in [0.25, 0.3) is 0 Å². The van der Waals surface area contributed by atoms with E-state index < -0.39 is 78.4 Å². The van der Waals surface area contributed by atoms with Gasteiger partial charge in [-0.05, 0) is 47.9 Å². The lowest BCUT2D eigenvalue weighted by Gasteiger charge is -2.47. The van der Waals surface area contributed by atoms with Crippen LogP contribution in [-0.4, -0.2) is 91.9 Å². The van der Waals surface area contributed by atoms with Crippen molar-refractivity contribution in [1.29, 1.82) is 0 Å². The number of methoxy groups -OCH3 is 1. The fraction of sp³-hybridized carbons (Fsp3) is 0.536. The van der Waals surface area contributed by atoms with Crippen LogP contribution < -0.4 is 9.47 Å². The predicted octanol–water partition coefficient (Wildman–Crippen LogP) is 0.176. The first-order valence-corrected chi connectivity index (χ1v) is 13.3. The Bertz CT molecular complexity index is 1360. The number of aliphatic hydroxyl groups is 2. The second-order valence-corrected chi connectivity index (χ2v) is 10.8. The molecule has 13 nitrogen and oxygen atoms in total. The first-order valence-electron chi connectivity index (χ1n) is 13.3. The lowest BCUT2D eigenvalue weighted by molar-refractivity contribution is -0.364. The van der Waals surface area contributed by atoms with Crippen molar-refractivity contribution in [2.45, 2.75) is 55.9 Å². The fourth-order valence-corrected chi connectivity index (χ4v) is 6.57. The van der Waals surface area contributed by atoms with Gasteiger partial charge in [-0.15, -0.1) is 0 Å². The van der Waals surface area contributed by atoms with Crippen molar-refractivity contribution >= 4 is 17.5 Å². The first kappa shape index (κ1) is 26.6. The molecule has 3 fully saturated rings. The summed E-state index contributed by atoms with van der Waals surface area (Å²) >= 11 is 0. The molecule has 0 bridgehead atoms. The third-order valence-electron chi connectivity index (χ3n) is 8.51. The van der Waals surface area contributed by atoms with Crippen LogP contribution in [0.5, 0.6) is 11.5 Å². The van der Waals surface area contributed by atoms with E-state index in [1.807, 2.05) is 0 Å². The lowest BCUT2D eigenvalue weighted by Crippen LogP contribution is -2.63. The maximum Gasteiger partial charge on any atom is 0.310 e. The summed E-state index contributed by atoms with van der Waals surface area (Å²) in [5.41, 5.74) is 1.58. The lowest BCUT2D eigenvalue weighted by atomic mass is 9.65. The average molecular weight is 573 g/mol. The topological polar surface area (TPSA) is 166 Å². The summed E-state index contributed by atoms with van der Waals surface area (Å²) in [5, 5.41) is 21.8. The third-order valence-corrected chi connectivity index (χ3v) is 8.51. The molecular weight excluding hydrogens is 544 g/mol. The molecule has 4 heterocycles. The molecule has 0 aromatic heterocycles. The minimum atomic E-state index is -1.47. The first-order chi connectivity index (χ1) is 19.7. The van der Waals surface area contributed by atoms with E-state index in [0.717, 1.165) is 0 Å². The molecule has 0 radical (unpaired) electrons. The number of carbonyl (C=O) groups is 3. The number of carbonyl (C=O) groups excluding carboxylic acids is 3. The van der Waals surface area contributed by atoms with Gasteiger partial charge in [-0.25, -0.2) is 0 Å². The number of benzene rings is 1. The smallest absolute Gasteiger partial charge is 0.310 e. The molecule has 0 unspecified atom stereocenters. The maximum absolute atomic E-state index is 13.3. The second kappa shape index (κ2) is 9.89. The van der Waals surface area contributed by atoms with Crippen molar-refractivity contribution in [3.8, 4) is 11.5 Å². The van der Waals surface area contributed by atoms with Crippen molar-refractivity contribution in [1.82, 2.24) is 0 Å². The number of hydrogen-bond acceptors (Lipinski definition) is 13. The van der Waals surface area contributed by atoms with Crippen molar-refractivity contribution < 1.29 is 62.5 Å². The van der Waals surface area contributed by atoms with Crippen LogP contribution in [0.1, 0.15) is 30.1 Å². The molecule has 13 heteroatoms. The number of ether oxygens (including phenoxy) is 8. The molecule has 0 amide bonds. The van der Waals surface area contributed by atoms with Gasteiger partial charge in [-0.3, -0.25) is 14.4 Å². The van der Waals surface area contributed by atoms with Crippen LogP contribution in [0.2, 0.25) is 0 Å². The van der Waals surface area contributed by atoms with Crippen molar-refractivity contribution in [3.05, 3.63) is 46.7 Å². The zero-order valence-corrected chi connectivity index (χ0v) is 22.1. The zero-order valence-electron chi connectivity index (χ0n) is 22.1. The quantitative estimate of drug-likeness (QED) is 0.285. The van der Waals surface area contributed by atoms with Crippen molar-refractivity contribution in [2.75, 3.05) is 27.1 Å². The summed E-state index contributed by atoms with van der Waals surface area (Å²) in [4.78, 5) is 38.2. The van der Waals surface area contributed by atoms with Crippen LogP contribution in [0.15, 0.2) is 35.6 Å². The zero-order chi connectivity index (χ0) is 28.6. The van der Waals surface area contributed by atoms with Gasteiger partial charge in [0.15, 0.2) is 29.8 Å². The van der Waals surface area contributed by atoms with Gasteiger partial charge in [-0.1, -0.05) is 0 Å². The Morgan fingerprint density at radius 3 is 2.44 bits per heavy atom. The highest BCUT2D eigenvalue weighted by molar-refractivity contribution is 6.47. The van der Waals surface area contributed by atoms with Crippen LogP contribution in [0.3, 0.4) is 0 Å². The predicted molar refractivity (Wildman–Crippen MR) is 131 cm³/mol. The maximum atomic E-state index is 13.3. The normalized spacial score (nSPS) is 39.3. The standard InChI is InChI=1S/C28H28O13/c1-10-35-8-19-26(39-10)23(31)24(32)28(40-19)41-25-13-6-17-16(37-9-38-17)5-12(13)20(21-14(25)7-36-27(21)33)11-3-15(29)22(30)18(4-11)34-2/h3-6,10,14,19-21,23-26,28,31-32H,7-9H2,1-2H3/t10-,14+,19-,20+,21+,23-,24-,25-,26-,28+/m1/s1. The number of ketones is 2. The van der Waals surface area contributed by atoms with Gasteiger partial charge < -0.3 is 48.1 Å². The molecule has 6 aliphatic rings. The number of aliphatic hydroxyl groups excluding tert-OH is 2. The Morgan fingerprint density at radius 1 is 0.927 bits per heavy atom. The van der Waals surface area contributed by atoms with E-state index >= 15 is 0 Å². The Labute approximate surface area is 233 Å². The van der Waals surface area contributed by atoms with E-state index in [9.17, 15) is 24.6 Å². The number of Topliss-reactive ketones (excluding diaryl/α,β-unsaturated/α-hetero) is 1. The number of fused-ring (bicyclic) bond motifs is 4. The molecule has 1 aromatic carbocycles. The molecule has 7 rings (SSSR count). The number of cyclic esters (lactones) is 1. The monoisotopic (exact) mass is 572 g/mol. The third kappa shape index (κ3) is 4.18. The van der Waals surface area contributed by atoms with Crippen LogP contribution in [0.4, 0.5) is 0 Å². The summed E-state index contributed by atoms with van der Waals surface area (Å²) in [5.74, 6) is -3.43. The van der Waals surface area contributed by atoms with E-state index in [4.69, 9.17) is 37.9 Å². The van der Waals surface area contributed by atoms with Gasteiger partial charge in [0.2, 0.25) is 12.6 Å². The largest absolute Gasteiger partial charge is 0.492 e. The van der Waals surface area contributed by atoms with Crippen LogP contribution >= 0.6 is 0 Å². The highest BCUT2D eigenvalue weighted by Crippen LogP contribution is 2.56. The van der Waals surface area contributed by atoms with Crippen molar-refractivity contribution in [3.63, 3.8) is 0 Å². The molecule has 2 N–H and O–H groups in total. The molecular formula is C28H28O13. The number of esters is 1. The van der Waals surface area contributed by atoms with Gasteiger partial charge in [0.25, 0.3) is 5.78 Å². The minimum absolute atomic E-state index is 0.00907. The van der Waals surface area contributed by atoms with E-state index in [1.165, 1.54) is 19.3 Å². The molecule has 218 valence electrons. The number of hydrogen-bond donors (Lipinski definition) is 2. The molecule has 3 saturated heterocycles. The van der Waals surface area contributed by atoms with Crippen LogP contribution in [0, 0.1) is 11.8 Å². The van der Waals surface area contributed by atoms with Crippen LogP contribution in [-0.2, 0) is 42.8 Å². The molecule has 2 aliphatic carbocycles. The molecule has 41 heavy (non-hydrogen) atoms. The van der Waals surface area contributed by atoms with Gasteiger partial charge in [-0.2, -0.15) is 0 Å². The van der Waals surface area contributed by atoms with Gasteiger partial charge in [0.05, 0.1) is 32.3 Å². The average Bonchev–Trinajstić information content (AvgIpc) is 3.58. The van der Waals surface area contributed by atoms with Gasteiger partial charge >= 0.3 is 5.97 Å². The molecule has 1 aromatic rings. The SMILES string of the molecule is COC1=CC([C@H]2c3cc4c(cc3[C@@H](O[C@@H]3O[C@@H]5CO[C@@H](C)O[C@H]5[C@H](O)[C@H]3O)[C@H]3COC(=O)[C@@H]32)OCO4)=CC(=O)C1=O. The molecule has 0 spiro atoms. The number of rotatable bonds is 4. The van der Waals surface area contributed by atoms with E-state index in [2.05, 4.69) is 0 Å². The van der Waals surface area contributed by atoms with Gasteiger partial charge in [0, 0.05) is 11.8 Å². The second-order valence-electron chi connectivity index (χ2n) is 10.8. The highest BCUT2D eigenvalue weighted by Gasteiger charge is 2.56. The van der Waals surface area contributed by atoms with Gasteiger partial charge in [0.1, 0.15) is 24.4 Å². The minimum Gasteiger partial charge on any atom is -0.492 e. The van der Waals surface area contributed by atoms with E-state index in [0.29, 0.717) is 28.2 Å². The summed E-state index contributed by atoms with van der Waals surface area (Å²) in [6.45, 7) is 1.79. The Kier molecular flexibility index (Phi) is 6.41. The Hall–Kier alpha value is -3.33. The Balaban J connectivity index is 1.30. The molecule has 0 saturated carbocycles. The molecule has 4 aliphatic heterocycles. The van der Waals surface area contributed by atoms with E-state index in [-0.39, 0.29) is 25.8 Å². The fourth-order valence-electron chi connectivity index (χ4n) is 6.57. The highest BCUT2D eigenvalue weighted by atomic mass is 16.8. The summed E-state index contributed by atoms with van der Waals surface area (Å²) in [7, 11) is 1.29. The summed E-state index contributed by atoms with van der Waals surface area (Å²) < 4.78 is 45.5.